The number of hydrogen-bond acceptors (Lipinski definition) is 4. The predicted molar refractivity (Wildman–Crippen MR) is 65.7 cm³/mol. The van der Waals surface area contributed by atoms with Crippen molar-refractivity contribution in [3.63, 3.8) is 0 Å². The van der Waals surface area contributed by atoms with E-state index < -0.39 is 5.97 Å². The zero-order valence-electron chi connectivity index (χ0n) is 9.24. The summed E-state index contributed by atoms with van der Waals surface area (Å²) in [4.78, 5) is 14.8. The van der Waals surface area contributed by atoms with Crippen molar-refractivity contribution in [1.29, 1.82) is 0 Å². The molecule has 0 amide bonds. The highest BCUT2D eigenvalue weighted by Crippen LogP contribution is 2.21. The molecular formula is C11H14ClN3O2. The fourth-order valence-corrected chi connectivity index (χ4v) is 2.06. The Balaban J connectivity index is 2.17. The molecule has 1 fully saturated rings. The van der Waals surface area contributed by atoms with Gasteiger partial charge < -0.3 is 15.7 Å². The lowest BCUT2D eigenvalue weighted by Crippen LogP contribution is -2.35. The van der Waals surface area contributed by atoms with Crippen molar-refractivity contribution in [3.05, 3.63) is 23.0 Å². The third-order valence-corrected chi connectivity index (χ3v) is 3.01. The molecule has 0 radical (unpaired) electrons. The number of nitrogens with one attached hydrogen (secondary N) is 2. The van der Waals surface area contributed by atoms with Gasteiger partial charge in [-0.15, -0.1) is 0 Å². The van der Waals surface area contributed by atoms with Crippen LogP contribution in [0.5, 0.6) is 0 Å². The SMILES string of the molecule is O=C(O)c1cnc(Cl)cc1NC1CCNCC1. The van der Waals surface area contributed by atoms with Gasteiger partial charge in [0.1, 0.15) is 10.7 Å². The summed E-state index contributed by atoms with van der Waals surface area (Å²) in [6, 6.07) is 1.85. The number of carbonyl (C=O) groups is 1. The molecule has 0 bridgehead atoms. The van der Waals surface area contributed by atoms with E-state index in [9.17, 15) is 4.79 Å². The smallest absolute Gasteiger partial charge is 0.339 e. The first kappa shape index (κ1) is 12.1. The Kier molecular flexibility index (Phi) is 3.81. The van der Waals surface area contributed by atoms with Crippen molar-refractivity contribution in [2.24, 2.45) is 0 Å². The second-order valence-corrected chi connectivity index (χ2v) is 4.41. The number of aromatic carboxylic acids is 1. The molecule has 1 saturated heterocycles. The van der Waals surface area contributed by atoms with Gasteiger partial charge >= 0.3 is 5.97 Å². The largest absolute Gasteiger partial charge is 0.478 e. The molecule has 1 aromatic heterocycles. The fraction of sp³-hybridized carbons (Fsp3) is 0.455. The van der Waals surface area contributed by atoms with Crippen molar-refractivity contribution >= 4 is 23.3 Å². The lowest BCUT2D eigenvalue weighted by Gasteiger charge is -2.25. The van der Waals surface area contributed by atoms with Crippen LogP contribution in [0.4, 0.5) is 5.69 Å². The van der Waals surface area contributed by atoms with Crippen LogP contribution in [0, 0.1) is 0 Å². The van der Waals surface area contributed by atoms with Crippen LogP contribution < -0.4 is 10.6 Å². The summed E-state index contributed by atoms with van der Waals surface area (Å²) in [6.45, 7) is 1.89. The van der Waals surface area contributed by atoms with Gasteiger partial charge in [0.05, 0.1) is 5.69 Å². The average Bonchev–Trinajstić information content (AvgIpc) is 2.30. The van der Waals surface area contributed by atoms with Gasteiger partial charge in [0.15, 0.2) is 0 Å². The van der Waals surface area contributed by atoms with E-state index >= 15 is 0 Å². The van der Waals surface area contributed by atoms with Crippen LogP contribution in [0.3, 0.4) is 0 Å². The highest BCUT2D eigenvalue weighted by atomic mass is 35.5. The van der Waals surface area contributed by atoms with E-state index in [-0.39, 0.29) is 11.6 Å². The number of carboxylic acids is 1. The summed E-state index contributed by atoms with van der Waals surface area (Å²) < 4.78 is 0. The lowest BCUT2D eigenvalue weighted by molar-refractivity contribution is 0.0697. The second kappa shape index (κ2) is 5.33. The molecular weight excluding hydrogens is 242 g/mol. The molecule has 1 aromatic rings. The van der Waals surface area contributed by atoms with Crippen LogP contribution in [0.1, 0.15) is 23.2 Å². The lowest BCUT2D eigenvalue weighted by atomic mass is 10.1. The highest BCUT2D eigenvalue weighted by Gasteiger charge is 2.17. The predicted octanol–water partition coefficient (Wildman–Crippen LogP) is 1.60. The molecule has 1 aliphatic rings. The van der Waals surface area contributed by atoms with E-state index in [0.29, 0.717) is 10.8 Å². The quantitative estimate of drug-likeness (QED) is 0.716. The first-order valence-electron chi connectivity index (χ1n) is 5.53. The summed E-state index contributed by atoms with van der Waals surface area (Å²) >= 11 is 5.78. The van der Waals surface area contributed by atoms with E-state index in [0.717, 1.165) is 25.9 Å². The fourth-order valence-electron chi connectivity index (χ4n) is 1.91. The molecule has 6 heteroatoms. The van der Waals surface area contributed by atoms with Gasteiger partial charge in [-0.2, -0.15) is 0 Å². The molecule has 1 aliphatic heterocycles. The normalized spacial score (nSPS) is 16.8. The van der Waals surface area contributed by atoms with Gasteiger partial charge in [0.2, 0.25) is 0 Å². The molecule has 2 heterocycles. The van der Waals surface area contributed by atoms with E-state index in [4.69, 9.17) is 16.7 Å². The number of piperidine rings is 1. The monoisotopic (exact) mass is 255 g/mol. The molecule has 0 spiro atoms. The molecule has 0 unspecified atom stereocenters. The molecule has 0 aromatic carbocycles. The van der Waals surface area contributed by atoms with E-state index in [1.807, 2.05) is 0 Å². The molecule has 0 saturated carbocycles. The number of rotatable bonds is 3. The molecule has 2 rings (SSSR count). The van der Waals surface area contributed by atoms with Crippen LogP contribution >= 0.6 is 11.6 Å². The van der Waals surface area contributed by atoms with Gasteiger partial charge in [0, 0.05) is 12.2 Å². The summed E-state index contributed by atoms with van der Waals surface area (Å²) in [5.41, 5.74) is 0.706. The third-order valence-electron chi connectivity index (χ3n) is 2.80. The van der Waals surface area contributed by atoms with Gasteiger partial charge in [-0.25, -0.2) is 9.78 Å². The Labute approximate surface area is 104 Å². The summed E-state index contributed by atoms with van der Waals surface area (Å²) in [5, 5.41) is 15.8. The van der Waals surface area contributed by atoms with Gasteiger partial charge in [-0.3, -0.25) is 0 Å². The Morgan fingerprint density at radius 1 is 1.53 bits per heavy atom. The van der Waals surface area contributed by atoms with Crippen molar-refractivity contribution in [1.82, 2.24) is 10.3 Å². The van der Waals surface area contributed by atoms with E-state index in [1.165, 1.54) is 6.20 Å². The first-order valence-corrected chi connectivity index (χ1v) is 5.90. The van der Waals surface area contributed by atoms with Gasteiger partial charge in [-0.05, 0) is 32.0 Å². The molecule has 5 nitrogen and oxygen atoms in total. The molecule has 0 atom stereocenters. The van der Waals surface area contributed by atoms with E-state index in [1.54, 1.807) is 6.07 Å². The Bertz CT molecular complexity index is 419. The minimum Gasteiger partial charge on any atom is -0.478 e. The summed E-state index contributed by atoms with van der Waals surface area (Å²) in [5.74, 6) is -0.995. The highest BCUT2D eigenvalue weighted by molar-refractivity contribution is 6.29. The standard InChI is InChI=1S/C11H14ClN3O2/c12-10-5-9(8(6-14-10)11(16)17)15-7-1-3-13-4-2-7/h5-7,13H,1-4H2,(H,14,15)(H,16,17). The van der Waals surface area contributed by atoms with Crippen molar-refractivity contribution in [2.45, 2.75) is 18.9 Å². The minimum absolute atomic E-state index is 0.160. The molecule has 92 valence electrons. The third kappa shape index (κ3) is 3.08. The van der Waals surface area contributed by atoms with Crippen molar-refractivity contribution in [2.75, 3.05) is 18.4 Å². The van der Waals surface area contributed by atoms with Crippen molar-refractivity contribution < 1.29 is 9.90 Å². The van der Waals surface area contributed by atoms with Crippen LogP contribution in [-0.4, -0.2) is 35.2 Å². The van der Waals surface area contributed by atoms with Crippen LogP contribution in [0.25, 0.3) is 0 Å². The van der Waals surface area contributed by atoms with Crippen LogP contribution in [0.2, 0.25) is 5.15 Å². The summed E-state index contributed by atoms with van der Waals surface area (Å²) in [7, 11) is 0. The average molecular weight is 256 g/mol. The number of halogens is 1. The Morgan fingerprint density at radius 3 is 2.88 bits per heavy atom. The number of anilines is 1. The Morgan fingerprint density at radius 2 is 2.24 bits per heavy atom. The van der Waals surface area contributed by atoms with Crippen molar-refractivity contribution in [3.8, 4) is 0 Å². The minimum atomic E-state index is -0.995. The number of aromatic nitrogens is 1. The maximum atomic E-state index is 11.0. The second-order valence-electron chi connectivity index (χ2n) is 4.03. The topological polar surface area (TPSA) is 74.2 Å². The number of pyridine rings is 1. The number of carboxylic acid groups (broad SMARTS) is 1. The van der Waals surface area contributed by atoms with Gasteiger partial charge in [-0.1, -0.05) is 11.6 Å². The number of hydrogen-bond donors (Lipinski definition) is 3. The molecule has 0 aliphatic carbocycles. The van der Waals surface area contributed by atoms with Gasteiger partial charge in [0.25, 0.3) is 0 Å². The van der Waals surface area contributed by atoms with E-state index in [2.05, 4.69) is 15.6 Å². The maximum Gasteiger partial charge on any atom is 0.339 e. The summed E-state index contributed by atoms with van der Waals surface area (Å²) in [6.07, 6.45) is 3.23. The first-order chi connectivity index (χ1) is 8.16. The molecule has 17 heavy (non-hydrogen) atoms. The zero-order valence-corrected chi connectivity index (χ0v) is 10.00. The zero-order chi connectivity index (χ0) is 12.3. The number of nitrogens with zero attached hydrogens (tertiary/aromatic N) is 1. The molecule has 3 N–H and O–H groups in total. The maximum absolute atomic E-state index is 11.0. The van der Waals surface area contributed by atoms with Crippen LogP contribution in [0.15, 0.2) is 12.3 Å². The Hall–Kier alpha value is -1.33. The van der Waals surface area contributed by atoms with Crippen LogP contribution in [-0.2, 0) is 0 Å².